The second kappa shape index (κ2) is 8.05. The van der Waals surface area contributed by atoms with Crippen LogP contribution in [0, 0.1) is 0 Å². The van der Waals surface area contributed by atoms with Crippen LogP contribution in [0.15, 0.2) is 54.6 Å². The van der Waals surface area contributed by atoms with E-state index in [2.05, 4.69) is 10.1 Å². The van der Waals surface area contributed by atoms with Crippen molar-refractivity contribution in [1.82, 2.24) is 0 Å². The largest absolute Gasteiger partial charge is 0.573 e. The first kappa shape index (κ1) is 21.2. The van der Waals surface area contributed by atoms with Crippen molar-refractivity contribution in [1.29, 1.82) is 0 Å². The van der Waals surface area contributed by atoms with Gasteiger partial charge in [0.2, 0.25) is 0 Å². The molecule has 0 aliphatic carbocycles. The number of amides is 2. The van der Waals surface area contributed by atoms with Gasteiger partial charge >= 0.3 is 12.3 Å². The number of hydrogen-bond donors (Lipinski definition) is 1. The van der Waals surface area contributed by atoms with Gasteiger partial charge in [-0.15, -0.1) is 13.2 Å². The van der Waals surface area contributed by atoms with Gasteiger partial charge in [0, 0.05) is 37.3 Å². The molecule has 1 unspecified atom stereocenters. The normalized spacial score (nSPS) is 18.8. The van der Waals surface area contributed by atoms with Crippen molar-refractivity contribution in [3.8, 4) is 5.75 Å². The number of carbonyl (C=O) groups excluding carboxylic acids is 3. The number of hydrogen-bond acceptors (Lipinski definition) is 5. The molecule has 0 bridgehead atoms. The monoisotopic (exact) mass is 422 g/mol. The molecule has 0 spiro atoms. The second-order valence-corrected chi connectivity index (χ2v) is 6.49. The van der Waals surface area contributed by atoms with Crippen LogP contribution in [0.2, 0.25) is 0 Å². The van der Waals surface area contributed by atoms with Gasteiger partial charge in [0.1, 0.15) is 5.75 Å². The number of halogens is 3. The van der Waals surface area contributed by atoms with Crippen LogP contribution < -0.4 is 15.0 Å². The molecule has 1 N–H and O–H groups in total. The van der Waals surface area contributed by atoms with Gasteiger partial charge in [-0.1, -0.05) is 24.3 Å². The van der Waals surface area contributed by atoms with Gasteiger partial charge in [-0.2, -0.15) is 0 Å². The maximum absolute atomic E-state index is 13.1. The van der Waals surface area contributed by atoms with Crippen LogP contribution in [0.3, 0.4) is 0 Å². The van der Waals surface area contributed by atoms with E-state index in [1.807, 2.05) is 0 Å². The number of alkyl halides is 3. The first-order valence-corrected chi connectivity index (χ1v) is 8.84. The predicted molar refractivity (Wildman–Crippen MR) is 99.7 cm³/mol. The quantitative estimate of drug-likeness (QED) is 0.591. The van der Waals surface area contributed by atoms with E-state index < -0.39 is 35.5 Å². The molecule has 1 heterocycles. The van der Waals surface area contributed by atoms with Crippen molar-refractivity contribution in [2.24, 2.45) is 0 Å². The second-order valence-electron chi connectivity index (χ2n) is 6.49. The Hall–Kier alpha value is -3.56. The summed E-state index contributed by atoms with van der Waals surface area (Å²) in [4.78, 5) is 38.7. The number of ether oxygens (including phenoxy) is 2. The number of benzene rings is 2. The zero-order valence-corrected chi connectivity index (χ0v) is 15.7. The maximum Gasteiger partial charge on any atom is 0.573 e. The molecule has 10 heteroatoms. The molecule has 7 nitrogen and oxygen atoms in total. The molecule has 158 valence electrons. The lowest BCUT2D eigenvalue weighted by Gasteiger charge is -2.26. The molecular formula is C20H17F3N2O5. The van der Waals surface area contributed by atoms with Crippen molar-refractivity contribution >= 4 is 29.2 Å². The molecule has 1 saturated heterocycles. The van der Waals surface area contributed by atoms with Gasteiger partial charge in [0.05, 0.1) is 0 Å². The van der Waals surface area contributed by atoms with Crippen LogP contribution in [0.4, 0.5) is 24.5 Å². The highest BCUT2D eigenvalue weighted by atomic mass is 19.4. The zero-order chi connectivity index (χ0) is 21.9. The summed E-state index contributed by atoms with van der Waals surface area (Å²) in [6, 6.07) is 13.0. The molecule has 1 aliphatic heterocycles. The van der Waals surface area contributed by atoms with Gasteiger partial charge in [0.15, 0.2) is 0 Å². The number of para-hydroxylation sites is 1. The topological polar surface area (TPSA) is 84.9 Å². The third-order valence-corrected chi connectivity index (χ3v) is 4.36. The van der Waals surface area contributed by atoms with Gasteiger partial charge in [-0.25, -0.2) is 0 Å². The van der Waals surface area contributed by atoms with Crippen molar-refractivity contribution in [2.45, 2.75) is 25.3 Å². The van der Waals surface area contributed by atoms with Crippen molar-refractivity contribution < 1.29 is 37.0 Å². The lowest BCUT2D eigenvalue weighted by Crippen LogP contribution is -2.52. The van der Waals surface area contributed by atoms with Crippen molar-refractivity contribution in [2.75, 3.05) is 16.8 Å². The first-order valence-electron chi connectivity index (χ1n) is 8.84. The van der Waals surface area contributed by atoms with Crippen LogP contribution in [0.25, 0.3) is 0 Å². The number of esters is 1. The van der Waals surface area contributed by atoms with E-state index in [-0.39, 0.29) is 18.7 Å². The van der Waals surface area contributed by atoms with Gasteiger partial charge in [-0.05, 0) is 24.3 Å². The minimum atomic E-state index is -4.90. The van der Waals surface area contributed by atoms with E-state index in [0.717, 1.165) is 24.0 Å². The third-order valence-electron chi connectivity index (χ3n) is 4.36. The highest BCUT2D eigenvalue weighted by Crippen LogP contribution is 2.35. The number of carbonyl (C=O) groups is 3. The minimum Gasteiger partial charge on any atom is -0.439 e. The van der Waals surface area contributed by atoms with E-state index in [9.17, 15) is 27.6 Å². The average Bonchev–Trinajstić information content (AvgIpc) is 2.98. The highest BCUT2D eigenvalue weighted by Gasteiger charge is 2.56. The summed E-state index contributed by atoms with van der Waals surface area (Å²) in [6.07, 6.45) is -5.07. The number of anilines is 2. The smallest absolute Gasteiger partial charge is 0.439 e. The fraction of sp³-hybridized carbons (Fsp3) is 0.250. The molecule has 2 aromatic rings. The number of rotatable bonds is 5. The molecule has 30 heavy (non-hydrogen) atoms. The summed E-state index contributed by atoms with van der Waals surface area (Å²) < 4.78 is 46.5. The average molecular weight is 422 g/mol. The molecular weight excluding hydrogens is 405 g/mol. The lowest BCUT2D eigenvalue weighted by atomic mass is 10.0. The molecule has 2 amide bonds. The van der Waals surface area contributed by atoms with Gasteiger partial charge in [0.25, 0.3) is 17.4 Å². The van der Waals surface area contributed by atoms with E-state index in [1.54, 1.807) is 30.3 Å². The van der Waals surface area contributed by atoms with Crippen LogP contribution >= 0.6 is 0 Å². The standard InChI is InChI=1S/C20H17F3N2O5/c1-13(26)29-19(17(27)24-14-6-3-2-4-7-14)10-11-25(18(19)28)15-8-5-9-16(12-15)30-20(21,22)23/h2-9,12H,10-11H2,1H3,(H,24,27). The lowest BCUT2D eigenvalue weighted by molar-refractivity contribution is -0.274. The minimum absolute atomic E-state index is 0.0518. The van der Waals surface area contributed by atoms with Crippen LogP contribution in [-0.2, 0) is 19.1 Å². The fourth-order valence-electron chi connectivity index (χ4n) is 3.14. The Bertz CT molecular complexity index is 964. The summed E-state index contributed by atoms with van der Waals surface area (Å²) in [5.74, 6) is -3.08. The summed E-state index contributed by atoms with van der Waals surface area (Å²) in [5, 5.41) is 2.54. The number of nitrogens with one attached hydrogen (secondary N) is 1. The van der Waals surface area contributed by atoms with Gasteiger partial charge < -0.3 is 19.7 Å². The molecule has 0 radical (unpaired) electrons. The van der Waals surface area contributed by atoms with E-state index in [0.29, 0.717) is 5.69 Å². The molecule has 0 saturated carbocycles. The summed E-state index contributed by atoms with van der Waals surface area (Å²) >= 11 is 0. The third kappa shape index (κ3) is 4.53. The van der Waals surface area contributed by atoms with Crippen LogP contribution in [0.1, 0.15) is 13.3 Å². The Morgan fingerprint density at radius 2 is 1.80 bits per heavy atom. The SMILES string of the molecule is CC(=O)OC1(C(=O)Nc2ccccc2)CCN(c2cccc(OC(F)(F)F)c2)C1=O. The number of nitrogens with zero attached hydrogens (tertiary/aromatic N) is 1. The molecule has 1 fully saturated rings. The molecule has 2 aromatic carbocycles. The van der Waals surface area contributed by atoms with Crippen LogP contribution in [0.5, 0.6) is 5.75 Å². The fourth-order valence-corrected chi connectivity index (χ4v) is 3.14. The maximum atomic E-state index is 13.1. The summed E-state index contributed by atoms with van der Waals surface area (Å²) in [7, 11) is 0. The summed E-state index contributed by atoms with van der Waals surface area (Å²) in [5.41, 5.74) is -1.67. The van der Waals surface area contributed by atoms with Crippen LogP contribution in [-0.4, -0.2) is 36.3 Å². The Balaban J connectivity index is 1.89. The summed E-state index contributed by atoms with van der Waals surface area (Å²) in [6.45, 7) is 1.01. The first-order chi connectivity index (χ1) is 14.1. The Labute approximate surface area is 169 Å². The molecule has 0 aromatic heterocycles. The zero-order valence-electron chi connectivity index (χ0n) is 15.7. The van der Waals surface area contributed by atoms with Crippen molar-refractivity contribution in [3.05, 3.63) is 54.6 Å². The van der Waals surface area contributed by atoms with Crippen molar-refractivity contribution in [3.63, 3.8) is 0 Å². The molecule has 3 rings (SSSR count). The Kier molecular flexibility index (Phi) is 5.68. The Morgan fingerprint density at radius 3 is 2.43 bits per heavy atom. The van der Waals surface area contributed by atoms with E-state index >= 15 is 0 Å². The predicted octanol–water partition coefficient (Wildman–Crippen LogP) is 3.26. The Morgan fingerprint density at radius 1 is 1.10 bits per heavy atom. The van der Waals surface area contributed by atoms with Gasteiger partial charge in [-0.3, -0.25) is 14.4 Å². The highest BCUT2D eigenvalue weighted by molar-refractivity contribution is 6.20. The molecule has 1 aliphatic rings. The van der Waals surface area contributed by atoms with E-state index in [4.69, 9.17) is 4.74 Å². The molecule has 1 atom stereocenters. The van der Waals surface area contributed by atoms with E-state index in [1.165, 1.54) is 12.1 Å².